The molecule has 20 heavy (non-hydrogen) atoms. The minimum atomic E-state index is -0.104. The van der Waals surface area contributed by atoms with E-state index in [1.54, 1.807) is 23.5 Å². The van der Waals surface area contributed by atoms with E-state index in [0.717, 1.165) is 10.2 Å². The Morgan fingerprint density at radius 1 is 1.40 bits per heavy atom. The molecule has 0 saturated heterocycles. The highest BCUT2D eigenvalue weighted by molar-refractivity contribution is 9.10. The van der Waals surface area contributed by atoms with Crippen molar-refractivity contribution >= 4 is 44.5 Å². The van der Waals surface area contributed by atoms with Crippen molar-refractivity contribution in [3.63, 3.8) is 0 Å². The van der Waals surface area contributed by atoms with Crippen molar-refractivity contribution in [3.8, 4) is 0 Å². The maximum Gasteiger partial charge on any atom is 0.251 e. The number of carbonyl (C=O) groups is 1. The third-order valence-electron chi connectivity index (χ3n) is 2.73. The zero-order valence-corrected chi connectivity index (χ0v) is 13.5. The molecule has 2 aromatic rings. The molecule has 0 saturated carbocycles. The molecule has 2 rings (SSSR count). The summed E-state index contributed by atoms with van der Waals surface area (Å²) in [5.74, 6) is -0.104. The third kappa shape index (κ3) is 3.74. The largest absolute Gasteiger partial charge is 0.397 e. The van der Waals surface area contributed by atoms with Crippen LogP contribution in [0.4, 0.5) is 11.4 Å². The van der Waals surface area contributed by atoms with Crippen LogP contribution in [0.25, 0.3) is 0 Å². The Labute approximate surface area is 130 Å². The predicted octanol–water partition coefficient (Wildman–Crippen LogP) is 3.45. The molecule has 6 heteroatoms. The molecule has 1 amide bonds. The lowest BCUT2D eigenvalue weighted by molar-refractivity contribution is 0.0956. The van der Waals surface area contributed by atoms with Crippen molar-refractivity contribution in [2.24, 2.45) is 0 Å². The van der Waals surface area contributed by atoms with Gasteiger partial charge in [0.2, 0.25) is 0 Å². The molecule has 0 aliphatic rings. The molecule has 4 N–H and O–H groups in total. The molecule has 4 nitrogen and oxygen atoms in total. The third-order valence-corrected chi connectivity index (χ3v) is 4.42. The van der Waals surface area contributed by atoms with E-state index in [4.69, 9.17) is 5.73 Å². The Balaban J connectivity index is 2.04. The highest BCUT2D eigenvalue weighted by Crippen LogP contribution is 2.24. The van der Waals surface area contributed by atoms with Gasteiger partial charge in [-0.05, 0) is 47.1 Å². The molecule has 0 aliphatic carbocycles. The van der Waals surface area contributed by atoms with Gasteiger partial charge in [-0.15, -0.1) is 11.3 Å². The van der Waals surface area contributed by atoms with Crippen molar-refractivity contribution in [1.82, 2.24) is 5.32 Å². The average Bonchev–Trinajstić information content (AvgIpc) is 2.83. The van der Waals surface area contributed by atoms with Crippen molar-refractivity contribution in [2.75, 3.05) is 17.6 Å². The number of anilines is 2. The van der Waals surface area contributed by atoms with Gasteiger partial charge in [-0.25, -0.2) is 0 Å². The van der Waals surface area contributed by atoms with E-state index in [0.29, 0.717) is 24.3 Å². The van der Waals surface area contributed by atoms with Crippen molar-refractivity contribution < 1.29 is 4.79 Å². The number of halogens is 1. The number of nitrogen functional groups attached to an aromatic ring is 1. The maximum absolute atomic E-state index is 11.7. The van der Waals surface area contributed by atoms with Gasteiger partial charge >= 0.3 is 0 Å². The van der Waals surface area contributed by atoms with Gasteiger partial charge in [0.05, 0.1) is 11.4 Å². The standard InChI is InChI=1S/C14H16BrN3OS/c1-2-17-14(19)9-3-4-13(12(16)5-9)18-7-11-6-10(15)8-20-11/h3-6,8,18H,2,7,16H2,1H3,(H,17,19). The Kier molecular flexibility index (Phi) is 5.03. The summed E-state index contributed by atoms with van der Waals surface area (Å²) in [6, 6.07) is 7.37. The van der Waals surface area contributed by atoms with Gasteiger partial charge in [-0.1, -0.05) is 0 Å². The Hall–Kier alpha value is -1.53. The second kappa shape index (κ2) is 6.76. The second-order valence-corrected chi connectivity index (χ2v) is 6.16. The summed E-state index contributed by atoms with van der Waals surface area (Å²) >= 11 is 5.10. The summed E-state index contributed by atoms with van der Waals surface area (Å²) in [6.07, 6.45) is 0. The summed E-state index contributed by atoms with van der Waals surface area (Å²) in [4.78, 5) is 12.9. The van der Waals surface area contributed by atoms with Crippen LogP contribution in [0.1, 0.15) is 22.2 Å². The van der Waals surface area contributed by atoms with Crippen molar-refractivity contribution in [2.45, 2.75) is 13.5 Å². The zero-order chi connectivity index (χ0) is 14.5. The van der Waals surface area contributed by atoms with E-state index < -0.39 is 0 Å². The summed E-state index contributed by atoms with van der Waals surface area (Å²) in [5, 5.41) is 8.06. The normalized spacial score (nSPS) is 10.3. The lowest BCUT2D eigenvalue weighted by atomic mass is 10.1. The van der Waals surface area contributed by atoms with Crippen LogP contribution in [0.5, 0.6) is 0 Å². The first-order chi connectivity index (χ1) is 9.60. The van der Waals surface area contributed by atoms with Gasteiger partial charge in [0.15, 0.2) is 0 Å². The minimum absolute atomic E-state index is 0.104. The van der Waals surface area contributed by atoms with Crippen LogP contribution in [0.3, 0.4) is 0 Å². The number of carbonyl (C=O) groups excluding carboxylic acids is 1. The number of nitrogens with one attached hydrogen (secondary N) is 2. The van der Waals surface area contributed by atoms with E-state index in [9.17, 15) is 4.79 Å². The van der Waals surface area contributed by atoms with Crippen LogP contribution in [0.15, 0.2) is 34.1 Å². The fourth-order valence-corrected chi connectivity index (χ4v) is 3.15. The maximum atomic E-state index is 11.7. The first-order valence-electron chi connectivity index (χ1n) is 6.24. The molecule has 0 atom stereocenters. The van der Waals surface area contributed by atoms with E-state index >= 15 is 0 Å². The summed E-state index contributed by atoms with van der Waals surface area (Å²) in [5.41, 5.74) is 7.96. The number of amides is 1. The topological polar surface area (TPSA) is 67.2 Å². The van der Waals surface area contributed by atoms with Crippen molar-refractivity contribution in [1.29, 1.82) is 0 Å². The molecule has 1 heterocycles. The first-order valence-corrected chi connectivity index (χ1v) is 7.92. The van der Waals surface area contributed by atoms with Crippen LogP contribution < -0.4 is 16.4 Å². The number of benzene rings is 1. The smallest absolute Gasteiger partial charge is 0.251 e. The Morgan fingerprint density at radius 2 is 2.20 bits per heavy atom. The zero-order valence-electron chi connectivity index (χ0n) is 11.1. The van der Waals surface area contributed by atoms with Gasteiger partial charge in [0, 0.05) is 33.4 Å². The molecule has 0 spiro atoms. The SMILES string of the molecule is CCNC(=O)c1ccc(NCc2cc(Br)cs2)c(N)c1. The predicted molar refractivity (Wildman–Crippen MR) is 88.2 cm³/mol. The van der Waals surface area contributed by atoms with Gasteiger partial charge in [0.1, 0.15) is 0 Å². The van der Waals surface area contributed by atoms with E-state index in [2.05, 4.69) is 32.6 Å². The van der Waals surface area contributed by atoms with Crippen molar-refractivity contribution in [3.05, 3.63) is 44.6 Å². The molecular formula is C14H16BrN3OS. The summed E-state index contributed by atoms with van der Waals surface area (Å²) in [6.45, 7) is 3.20. The number of thiophene rings is 1. The number of hydrogen-bond acceptors (Lipinski definition) is 4. The van der Waals surface area contributed by atoms with Crippen LogP contribution >= 0.6 is 27.3 Å². The molecule has 0 fully saturated rings. The number of rotatable bonds is 5. The lowest BCUT2D eigenvalue weighted by Gasteiger charge is -2.10. The Bertz CT molecular complexity index is 612. The van der Waals surface area contributed by atoms with Gasteiger partial charge < -0.3 is 16.4 Å². The molecule has 0 bridgehead atoms. The average molecular weight is 354 g/mol. The van der Waals surface area contributed by atoms with Crippen LogP contribution in [-0.4, -0.2) is 12.5 Å². The Morgan fingerprint density at radius 3 is 2.80 bits per heavy atom. The second-order valence-electron chi connectivity index (χ2n) is 4.25. The molecule has 1 aromatic carbocycles. The van der Waals surface area contributed by atoms with Crippen LogP contribution in [-0.2, 0) is 6.54 Å². The molecule has 0 aliphatic heterocycles. The molecule has 0 unspecified atom stereocenters. The van der Waals surface area contributed by atoms with Crippen LogP contribution in [0, 0.1) is 0 Å². The van der Waals surface area contributed by atoms with Gasteiger partial charge in [-0.2, -0.15) is 0 Å². The molecule has 0 radical (unpaired) electrons. The quantitative estimate of drug-likeness (QED) is 0.721. The van der Waals surface area contributed by atoms with Gasteiger partial charge in [-0.3, -0.25) is 4.79 Å². The lowest BCUT2D eigenvalue weighted by Crippen LogP contribution is -2.22. The van der Waals surface area contributed by atoms with E-state index in [1.165, 1.54) is 4.88 Å². The van der Waals surface area contributed by atoms with E-state index in [-0.39, 0.29) is 5.91 Å². The first kappa shape index (κ1) is 14.9. The fourth-order valence-electron chi connectivity index (χ4n) is 1.76. The number of nitrogens with two attached hydrogens (primary N) is 1. The monoisotopic (exact) mass is 353 g/mol. The molecule has 106 valence electrons. The highest BCUT2D eigenvalue weighted by atomic mass is 79.9. The van der Waals surface area contributed by atoms with Crippen LogP contribution in [0.2, 0.25) is 0 Å². The summed E-state index contributed by atoms with van der Waals surface area (Å²) < 4.78 is 1.08. The highest BCUT2D eigenvalue weighted by Gasteiger charge is 2.07. The molecular weight excluding hydrogens is 338 g/mol. The fraction of sp³-hybridized carbons (Fsp3) is 0.214. The minimum Gasteiger partial charge on any atom is -0.397 e. The molecule has 1 aromatic heterocycles. The number of hydrogen-bond donors (Lipinski definition) is 3. The van der Waals surface area contributed by atoms with Gasteiger partial charge in [0.25, 0.3) is 5.91 Å². The van der Waals surface area contributed by atoms with E-state index in [1.807, 2.05) is 18.4 Å². The summed E-state index contributed by atoms with van der Waals surface area (Å²) in [7, 11) is 0.